The van der Waals surface area contributed by atoms with Gasteiger partial charge in [-0.05, 0) is 23.6 Å². The van der Waals surface area contributed by atoms with Crippen molar-refractivity contribution in [2.75, 3.05) is 13.2 Å². The molecule has 19 heavy (non-hydrogen) atoms. The van der Waals surface area contributed by atoms with Crippen LogP contribution in [0.15, 0.2) is 24.3 Å². The summed E-state index contributed by atoms with van der Waals surface area (Å²) in [6.07, 6.45) is -4.27. The van der Waals surface area contributed by atoms with Gasteiger partial charge in [0.25, 0.3) is 0 Å². The van der Waals surface area contributed by atoms with Crippen LogP contribution >= 0.6 is 0 Å². The van der Waals surface area contributed by atoms with E-state index in [2.05, 4.69) is 19.2 Å². The molecule has 0 spiro atoms. The van der Waals surface area contributed by atoms with Crippen LogP contribution in [-0.2, 0) is 17.9 Å². The van der Waals surface area contributed by atoms with Gasteiger partial charge in [-0.3, -0.25) is 0 Å². The Hall–Kier alpha value is -1.07. The molecular weight excluding hydrogens is 255 g/mol. The highest BCUT2D eigenvalue weighted by Crippen LogP contribution is 2.17. The molecule has 1 aromatic carbocycles. The lowest BCUT2D eigenvalue weighted by atomic mass is 10.1. The summed E-state index contributed by atoms with van der Waals surface area (Å²) in [5, 5.41) is 3.27. The van der Waals surface area contributed by atoms with Crippen molar-refractivity contribution >= 4 is 0 Å². The van der Waals surface area contributed by atoms with E-state index >= 15 is 0 Å². The number of hydrogen-bond acceptors (Lipinski definition) is 2. The predicted molar refractivity (Wildman–Crippen MR) is 68.7 cm³/mol. The lowest BCUT2D eigenvalue weighted by molar-refractivity contribution is -0.176. The smallest absolute Gasteiger partial charge is 0.367 e. The minimum Gasteiger partial charge on any atom is -0.367 e. The standard InChI is InChI=1S/C14H20F3NO/c1-11(2)7-18-8-12-5-3-4-6-13(12)9-19-10-14(15,16)17/h3-6,11,18H,7-10H2,1-2H3. The molecule has 0 amide bonds. The van der Waals surface area contributed by atoms with Crippen LogP contribution in [0.3, 0.4) is 0 Å². The number of halogens is 3. The molecule has 0 bridgehead atoms. The molecule has 0 saturated heterocycles. The fourth-order valence-corrected chi connectivity index (χ4v) is 1.64. The maximum atomic E-state index is 12.0. The van der Waals surface area contributed by atoms with Crippen LogP contribution in [0.25, 0.3) is 0 Å². The average molecular weight is 275 g/mol. The third-order valence-electron chi connectivity index (χ3n) is 2.51. The zero-order valence-electron chi connectivity index (χ0n) is 11.3. The van der Waals surface area contributed by atoms with Crippen molar-refractivity contribution in [1.82, 2.24) is 5.32 Å². The van der Waals surface area contributed by atoms with Gasteiger partial charge in [0.1, 0.15) is 6.61 Å². The highest BCUT2D eigenvalue weighted by Gasteiger charge is 2.27. The molecular formula is C14H20F3NO. The molecule has 1 aromatic rings. The molecule has 1 rings (SSSR count). The lowest BCUT2D eigenvalue weighted by Gasteiger charge is -2.13. The zero-order chi connectivity index (χ0) is 14.3. The molecule has 1 N–H and O–H groups in total. The molecule has 0 radical (unpaired) electrons. The Morgan fingerprint density at radius 3 is 2.37 bits per heavy atom. The lowest BCUT2D eigenvalue weighted by Crippen LogP contribution is -2.20. The monoisotopic (exact) mass is 275 g/mol. The summed E-state index contributed by atoms with van der Waals surface area (Å²) in [6, 6.07) is 7.38. The second-order valence-corrected chi connectivity index (χ2v) is 4.90. The second kappa shape index (κ2) is 7.50. The first kappa shape index (κ1) is 16.0. The van der Waals surface area contributed by atoms with Crippen molar-refractivity contribution in [3.8, 4) is 0 Å². The third-order valence-corrected chi connectivity index (χ3v) is 2.51. The Balaban J connectivity index is 2.48. The number of rotatable bonds is 7. The number of hydrogen-bond donors (Lipinski definition) is 1. The maximum Gasteiger partial charge on any atom is 0.411 e. The van der Waals surface area contributed by atoms with Crippen molar-refractivity contribution in [3.05, 3.63) is 35.4 Å². The van der Waals surface area contributed by atoms with Crippen molar-refractivity contribution in [2.45, 2.75) is 33.2 Å². The first-order valence-corrected chi connectivity index (χ1v) is 6.30. The maximum absolute atomic E-state index is 12.0. The Labute approximate surface area is 112 Å². The second-order valence-electron chi connectivity index (χ2n) is 4.90. The van der Waals surface area contributed by atoms with E-state index in [-0.39, 0.29) is 6.61 Å². The summed E-state index contributed by atoms with van der Waals surface area (Å²) in [5.41, 5.74) is 1.77. The summed E-state index contributed by atoms with van der Waals surface area (Å²) >= 11 is 0. The van der Waals surface area contributed by atoms with Crippen molar-refractivity contribution in [3.63, 3.8) is 0 Å². The summed E-state index contributed by atoms with van der Waals surface area (Å²) < 4.78 is 40.7. The molecule has 2 nitrogen and oxygen atoms in total. The normalized spacial score (nSPS) is 12.1. The van der Waals surface area contributed by atoms with Crippen molar-refractivity contribution in [2.24, 2.45) is 5.92 Å². The molecule has 108 valence electrons. The Kier molecular flexibility index (Phi) is 6.31. The molecule has 0 unspecified atom stereocenters. The molecule has 0 aromatic heterocycles. The number of nitrogens with one attached hydrogen (secondary N) is 1. The number of benzene rings is 1. The van der Waals surface area contributed by atoms with Crippen LogP contribution in [0.4, 0.5) is 13.2 Å². The minimum absolute atomic E-state index is 0.0148. The van der Waals surface area contributed by atoms with Crippen LogP contribution < -0.4 is 5.32 Å². The number of ether oxygens (including phenoxy) is 1. The highest BCUT2D eigenvalue weighted by molar-refractivity contribution is 5.26. The summed E-state index contributed by atoms with van der Waals surface area (Å²) in [6.45, 7) is 4.50. The van der Waals surface area contributed by atoms with E-state index in [4.69, 9.17) is 4.74 Å². The molecule has 0 aliphatic carbocycles. The molecule has 0 saturated carbocycles. The minimum atomic E-state index is -4.27. The van der Waals surface area contributed by atoms with Crippen molar-refractivity contribution < 1.29 is 17.9 Å². The Morgan fingerprint density at radius 1 is 1.16 bits per heavy atom. The SMILES string of the molecule is CC(C)CNCc1ccccc1COCC(F)(F)F. The third kappa shape index (κ3) is 7.18. The highest BCUT2D eigenvalue weighted by atomic mass is 19.4. The van der Waals surface area contributed by atoms with E-state index in [1.54, 1.807) is 12.1 Å². The van der Waals surface area contributed by atoms with Gasteiger partial charge in [-0.1, -0.05) is 38.1 Å². The molecule has 0 fully saturated rings. The number of alkyl halides is 3. The topological polar surface area (TPSA) is 21.3 Å². The van der Waals surface area contributed by atoms with E-state index in [9.17, 15) is 13.2 Å². The van der Waals surface area contributed by atoms with Crippen LogP contribution in [0.1, 0.15) is 25.0 Å². The molecule has 5 heteroatoms. The van der Waals surface area contributed by atoms with Gasteiger partial charge >= 0.3 is 6.18 Å². The van der Waals surface area contributed by atoms with Gasteiger partial charge in [-0.2, -0.15) is 13.2 Å². The summed E-state index contributed by atoms with van der Waals surface area (Å²) in [4.78, 5) is 0. The Bertz CT molecular complexity index is 377. The van der Waals surface area contributed by atoms with Gasteiger partial charge in [-0.15, -0.1) is 0 Å². The molecule has 0 heterocycles. The van der Waals surface area contributed by atoms with E-state index in [0.29, 0.717) is 12.5 Å². The fourth-order valence-electron chi connectivity index (χ4n) is 1.64. The Morgan fingerprint density at radius 2 is 1.79 bits per heavy atom. The van der Waals surface area contributed by atoms with Crippen molar-refractivity contribution in [1.29, 1.82) is 0 Å². The van der Waals surface area contributed by atoms with Crippen LogP contribution in [0, 0.1) is 5.92 Å². The summed E-state index contributed by atoms with van der Waals surface area (Å²) in [7, 11) is 0. The van der Waals surface area contributed by atoms with Gasteiger partial charge in [0.05, 0.1) is 6.61 Å². The van der Waals surface area contributed by atoms with Crippen LogP contribution in [0.2, 0.25) is 0 Å². The van der Waals surface area contributed by atoms with Gasteiger partial charge in [0, 0.05) is 6.54 Å². The van der Waals surface area contributed by atoms with Gasteiger partial charge < -0.3 is 10.1 Å². The molecule has 0 atom stereocenters. The predicted octanol–water partition coefficient (Wildman–Crippen LogP) is 3.51. The van der Waals surface area contributed by atoms with Gasteiger partial charge in [0.2, 0.25) is 0 Å². The van der Waals surface area contributed by atoms with Crippen LogP contribution in [-0.4, -0.2) is 19.3 Å². The molecule has 0 aliphatic rings. The molecule has 0 aliphatic heterocycles. The van der Waals surface area contributed by atoms with E-state index in [1.165, 1.54) is 0 Å². The van der Waals surface area contributed by atoms with Crippen LogP contribution in [0.5, 0.6) is 0 Å². The average Bonchev–Trinajstić information content (AvgIpc) is 2.29. The first-order chi connectivity index (χ1) is 8.88. The summed E-state index contributed by atoms with van der Waals surface area (Å²) in [5.74, 6) is 0.536. The van der Waals surface area contributed by atoms with E-state index in [0.717, 1.165) is 17.7 Å². The van der Waals surface area contributed by atoms with E-state index in [1.807, 2.05) is 12.1 Å². The largest absolute Gasteiger partial charge is 0.411 e. The van der Waals surface area contributed by atoms with Gasteiger partial charge in [0.15, 0.2) is 0 Å². The first-order valence-electron chi connectivity index (χ1n) is 6.30. The quantitative estimate of drug-likeness (QED) is 0.822. The fraction of sp³-hybridized carbons (Fsp3) is 0.571. The van der Waals surface area contributed by atoms with E-state index < -0.39 is 12.8 Å². The zero-order valence-corrected chi connectivity index (χ0v) is 11.3. The van der Waals surface area contributed by atoms with Gasteiger partial charge in [-0.25, -0.2) is 0 Å².